The number of amides is 1. The number of nitrogens with zero attached hydrogens (tertiary/aromatic N) is 2. The zero-order valence-electron chi connectivity index (χ0n) is 16.3. The lowest BCUT2D eigenvalue weighted by molar-refractivity contribution is -0.118. The number of carbonyl (C=O) groups excluding carboxylic acids is 1. The van der Waals surface area contributed by atoms with Gasteiger partial charge in [0.2, 0.25) is 5.91 Å². The summed E-state index contributed by atoms with van der Waals surface area (Å²) in [5.74, 6) is 4.53. The molecule has 0 atom stereocenters. The van der Waals surface area contributed by atoms with Crippen molar-refractivity contribution in [2.75, 3.05) is 5.75 Å². The molecule has 0 N–H and O–H groups in total. The smallest absolute Gasteiger partial charge is 0.248 e. The van der Waals surface area contributed by atoms with Crippen LogP contribution in [0.2, 0.25) is 0 Å². The maximum Gasteiger partial charge on any atom is 0.248 e. The van der Waals surface area contributed by atoms with Gasteiger partial charge in [0.05, 0.1) is 16.8 Å². The van der Waals surface area contributed by atoms with E-state index in [9.17, 15) is 4.79 Å². The van der Waals surface area contributed by atoms with Gasteiger partial charge in [-0.05, 0) is 48.8 Å². The highest BCUT2D eigenvalue weighted by Crippen LogP contribution is 2.23. The molecule has 1 aromatic heterocycles. The summed E-state index contributed by atoms with van der Waals surface area (Å²) < 4.78 is 3.12. The Bertz CT molecular complexity index is 1070. The summed E-state index contributed by atoms with van der Waals surface area (Å²) in [6.45, 7) is 4.57. The van der Waals surface area contributed by atoms with Crippen molar-refractivity contribution >= 4 is 39.2 Å². The van der Waals surface area contributed by atoms with E-state index < -0.39 is 0 Å². The summed E-state index contributed by atoms with van der Waals surface area (Å²) in [5, 5.41) is 0. The van der Waals surface area contributed by atoms with Gasteiger partial charge in [-0.1, -0.05) is 53.7 Å². The Kier molecular flexibility index (Phi) is 7.13. The molecular formula is C23H24N2OS2. The molecular weight excluding hydrogens is 384 g/mol. The van der Waals surface area contributed by atoms with E-state index in [0.717, 1.165) is 28.1 Å². The molecule has 0 saturated heterocycles. The van der Waals surface area contributed by atoms with Gasteiger partial charge < -0.3 is 4.57 Å². The Labute approximate surface area is 174 Å². The summed E-state index contributed by atoms with van der Waals surface area (Å²) in [6, 6.07) is 14.6. The van der Waals surface area contributed by atoms with Crippen molar-refractivity contribution in [3.05, 3.63) is 64.0 Å². The van der Waals surface area contributed by atoms with Crippen LogP contribution in [0.3, 0.4) is 0 Å². The largest absolute Gasteiger partial charge is 0.305 e. The molecule has 0 spiro atoms. The van der Waals surface area contributed by atoms with Gasteiger partial charge in [-0.2, -0.15) is 16.8 Å². The minimum absolute atomic E-state index is 0.0768. The van der Waals surface area contributed by atoms with Crippen LogP contribution in [0.25, 0.3) is 10.2 Å². The van der Waals surface area contributed by atoms with Crippen molar-refractivity contribution in [2.45, 2.75) is 39.0 Å². The fraction of sp³-hybridized carbons (Fsp3) is 0.304. The van der Waals surface area contributed by atoms with E-state index in [1.54, 1.807) is 11.3 Å². The summed E-state index contributed by atoms with van der Waals surface area (Å²) in [5.41, 5.74) is 4.75. The number of rotatable bonds is 7. The Hall–Kier alpha value is -2.29. The first-order valence-electron chi connectivity index (χ1n) is 9.32. The average Bonchev–Trinajstić information content (AvgIpc) is 3.00. The Morgan fingerprint density at radius 1 is 1.25 bits per heavy atom. The van der Waals surface area contributed by atoms with Crippen LogP contribution in [-0.2, 0) is 17.1 Å². The molecule has 1 amide bonds. The molecule has 0 radical (unpaired) electrons. The Morgan fingerprint density at radius 2 is 2.04 bits per heavy atom. The van der Waals surface area contributed by atoms with Gasteiger partial charge >= 0.3 is 0 Å². The molecule has 0 aliphatic rings. The predicted molar refractivity (Wildman–Crippen MR) is 121 cm³/mol. The van der Waals surface area contributed by atoms with Gasteiger partial charge in [-0.15, -0.1) is 6.42 Å². The summed E-state index contributed by atoms with van der Waals surface area (Å²) in [4.78, 5) is 17.5. The first-order valence-corrected chi connectivity index (χ1v) is 11.3. The number of carbonyl (C=O) groups is 1. The van der Waals surface area contributed by atoms with Crippen LogP contribution < -0.4 is 4.80 Å². The third-order valence-electron chi connectivity index (χ3n) is 4.38. The van der Waals surface area contributed by atoms with Crippen LogP contribution in [-0.4, -0.2) is 16.2 Å². The molecule has 0 unspecified atom stereocenters. The Balaban J connectivity index is 1.66. The molecule has 0 bridgehead atoms. The van der Waals surface area contributed by atoms with Gasteiger partial charge in [0.1, 0.15) is 0 Å². The second-order valence-electron chi connectivity index (χ2n) is 6.75. The molecule has 3 aromatic rings. The molecule has 0 fully saturated rings. The van der Waals surface area contributed by atoms with E-state index in [1.165, 1.54) is 16.7 Å². The second-order valence-corrected chi connectivity index (χ2v) is 8.83. The van der Waals surface area contributed by atoms with Gasteiger partial charge in [-0.25, -0.2) is 0 Å². The third-order valence-corrected chi connectivity index (χ3v) is 6.72. The van der Waals surface area contributed by atoms with E-state index in [1.807, 2.05) is 22.4 Å². The van der Waals surface area contributed by atoms with Gasteiger partial charge in [0, 0.05) is 12.2 Å². The number of thioether (sulfide) groups is 1. The van der Waals surface area contributed by atoms with Crippen molar-refractivity contribution in [3.63, 3.8) is 0 Å². The highest BCUT2D eigenvalue weighted by atomic mass is 32.2. The van der Waals surface area contributed by atoms with Gasteiger partial charge in [-0.3, -0.25) is 4.79 Å². The number of thiazole rings is 1. The molecule has 28 heavy (non-hydrogen) atoms. The molecule has 2 aromatic carbocycles. The minimum atomic E-state index is -0.0768. The molecule has 5 heteroatoms. The number of aromatic nitrogens is 1. The number of hydrogen-bond donors (Lipinski definition) is 0. The number of benzene rings is 2. The van der Waals surface area contributed by atoms with Crippen molar-refractivity contribution in [2.24, 2.45) is 4.99 Å². The first-order chi connectivity index (χ1) is 13.6. The standard InChI is InChI=1S/C23H24N2OS2/c1-4-12-25-20-15-17(2)14-18(3)22(20)28-23(25)24-21(26)11-8-13-27-16-19-9-6-5-7-10-19/h1,5-7,9-10,14-15H,8,11-13,16H2,2-3H3. The van der Waals surface area contributed by atoms with Crippen molar-refractivity contribution in [1.29, 1.82) is 0 Å². The monoisotopic (exact) mass is 408 g/mol. The molecule has 0 aliphatic carbocycles. The highest BCUT2D eigenvalue weighted by molar-refractivity contribution is 7.98. The molecule has 3 rings (SSSR count). The maximum atomic E-state index is 12.4. The van der Waals surface area contributed by atoms with Gasteiger partial charge in [0.15, 0.2) is 4.80 Å². The highest BCUT2D eigenvalue weighted by Gasteiger charge is 2.10. The number of hydrogen-bond acceptors (Lipinski definition) is 3. The third kappa shape index (κ3) is 5.15. The van der Waals surface area contributed by atoms with Crippen LogP contribution in [0.1, 0.15) is 29.5 Å². The van der Waals surface area contributed by atoms with E-state index in [2.05, 4.69) is 61.2 Å². The van der Waals surface area contributed by atoms with Crippen LogP contribution in [0.4, 0.5) is 0 Å². The maximum absolute atomic E-state index is 12.4. The van der Waals surface area contributed by atoms with Crippen molar-refractivity contribution < 1.29 is 4.79 Å². The number of fused-ring (bicyclic) bond motifs is 1. The molecule has 1 heterocycles. The number of aryl methyl sites for hydroxylation is 2. The van der Waals surface area contributed by atoms with Crippen LogP contribution in [0.15, 0.2) is 47.5 Å². The van der Waals surface area contributed by atoms with Crippen molar-refractivity contribution in [3.8, 4) is 12.3 Å². The lowest BCUT2D eigenvalue weighted by Crippen LogP contribution is -2.16. The lowest BCUT2D eigenvalue weighted by atomic mass is 10.1. The van der Waals surface area contributed by atoms with Crippen LogP contribution >= 0.6 is 23.1 Å². The predicted octanol–water partition coefficient (Wildman–Crippen LogP) is 5.09. The molecule has 0 saturated carbocycles. The van der Waals surface area contributed by atoms with Crippen LogP contribution in [0, 0.1) is 26.2 Å². The first kappa shape index (κ1) is 20.4. The summed E-state index contributed by atoms with van der Waals surface area (Å²) >= 11 is 3.39. The summed E-state index contributed by atoms with van der Waals surface area (Å²) in [7, 11) is 0. The van der Waals surface area contributed by atoms with E-state index in [0.29, 0.717) is 17.8 Å². The number of terminal acetylenes is 1. The zero-order chi connectivity index (χ0) is 19.9. The quantitative estimate of drug-likeness (QED) is 0.403. The van der Waals surface area contributed by atoms with Gasteiger partial charge in [0.25, 0.3) is 0 Å². The Morgan fingerprint density at radius 3 is 2.79 bits per heavy atom. The van der Waals surface area contributed by atoms with E-state index in [4.69, 9.17) is 6.42 Å². The zero-order valence-corrected chi connectivity index (χ0v) is 17.9. The SMILES string of the molecule is C#CCn1c(=NC(=O)CCCSCc2ccccc2)sc2c(C)cc(C)cc21. The minimum Gasteiger partial charge on any atom is -0.305 e. The summed E-state index contributed by atoms with van der Waals surface area (Å²) in [6.07, 6.45) is 6.85. The topological polar surface area (TPSA) is 34.4 Å². The lowest BCUT2D eigenvalue weighted by Gasteiger charge is -2.03. The second kappa shape index (κ2) is 9.77. The fourth-order valence-electron chi connectivity index (χ4n) is 3.09. The van der Waals surface area contributed by atoms with E-state index in [-0.39, 0.29) is 5.91 Å². The van der Waals surface area contributed by atoms with Crippen molar-refractivity contribution in [1.82, 2.24) is 4.57 Å². The molecule has 144 valence electrons. The molecule has 3 nitrogen and oxygen atoms in total. The van der Waals surface area contributed by atoms with E-state index >= 15 is 0 Å². The molecule has 0 aliphatic heterocycles. The average molecular weight is 409 g/mol. The van der Waals surface area contributed by atoms with Crippen LogP contribution in [0.5, 0.6) is 0 Å². The normalized spacial score (nSPS) is 11.7. The fourth-order valence-corrected chi connectivity index (χ4v) is 5.11.